The number of aromatic nitrogens is 4. The largest absolute Gasteiger partial charge is 0.461 e. The number of hydrogen-bond acceptors (Lipinski definition) is 7. The van der Waals surface area contributed by atoms with E-state index in [4.69, 9.17) is 4.42 Å². The molecule has 2 bridgehead atoms. The molecule has 39 heavy (non-hydrogen) atoms. The van der Waals surface area contributed by atoms with Gasteiger partial charge in [0.25, 0.3) is 0 Å². The maximum absolute atomic E-state index is 12.9. The second-order valence-electron chi connectivity index (χ2n) is 11.9. The molecule has 9 heteroatoms. The van der Waals surface area contributed by atoms with Crippen LogP contribution in [-0.4, -0.2) is 31.4 Å². The van der Waals surface area contributed by atoms with E-state index >= 15 is 0 Å². The van der Waals surface area contributed by atoms with E-state index in [0.29, 0.717) is 16.8 Å². The first-order valence-corrected chi connectivity index (χ1v) is 15.6. The number of fused-ring (bicyclic) bond motifs is 2. The topological polar surface area (TPSA) is 85.8 Å². The Hall–Kier alpha value is -2.91. The summed E-state index contributed by atoms with van der Waals surface area (Å²) in [5, 5.41) is 15.3. The summed E-state index contributed by atoms with van der Waals surface area (Å²) < 4.78 is 7.90. The molecule has 7 nitrogen and oxygen atoms in total. The number of nitrogens with one attached hydrogen (secondary N) is 1. The number of hydrogen-bond donors (Lipinski definition) is 1. The lowest BCUT2D eigenvalue weighted by Gasteiger charge is -2.30. The van der Waals surface area contributed by atoms with Crippen molar-refractivity contribution in [2.24, 2.45) is 17.8 Å². The molecule has 3 heterocycles. The average Bonchev–Trinajstić information content (AvgIpc) is 3.75. The predicted octanol–water partition coefficient (Wildman–Crippen LogP) is 7.69. The first-order valence-electron chi connectivity index (χ1n) is 13.7. The van der Waals surface area contributed by atoms with Gasteiger partial charge in [0.15, 0.2) is 16.0 Å². The van der Waals surface area contributed by atoms with Gasteiger partial charge in [-0.25, -0.2) is 4.98 Å². The van der Waals surface area contributed by atoms with Crippen molar-refractivity contribution in [1.82, 2.24) is 19.7 Å². The predicted molar refractivity (Wildman–Crippen MR) is 157 cm³/mol. The van der Waals surface area contributed by atoms with Crippen molar-refractivity contribution in [3.8, 4) is 22.8 Å². The summed E-state index contributed by atoms with van der Waals surface area (Å²) in [5.74, 6) is 3.79. The minimum atomic E-state index is -0.106. The molecule has 6 rings (SSSR count). The van der Waals surface area contributed by atoms with E-state index in [1.54, 1.807) is 6.26 Å². The number of anilines is 1. The Morgan fingerprint density at radius 3 is 2.67 bits per heavy atom. The average molecular weight is 562 g/mol. The van der Waals surface area contributed by atoms with Gasteiger partial charge in [0.2, 0.25) is 11.7 Å². The van der Waals surface area contributed by atoms with Gasteiger partial charge in [-0.2, -0.15) is 0 Å². The zero-order valence-electron chi connectivity index (χ0n) is 22.9. The third-order valence-corrected chi connectivity index (χ3v) is 10.1. The van der Waals surface area contributed by atoms with Gasteiger partial charge in [0.1, 0.15) is 0 Å². The van der Waals surface area contributed by atoms with Crippen LogP contribution in [0.2, 0.25) is 0 Å². The molecule has 2 saturated carbocycles. The first kappa shape index (κ1) is 26.3. The van der Waals surface area contributed by atoms with E-state index in [0.717, 1.165) is 34.1 Å². The Labute approximate surface area is 237 Å². The van der Waals surface area contributed by atoms with Crippen molar-refractivity contribution in [3.63, 3.8) is 0 Å². The Kier molecular flexibility index (Phi) is 7.14. The van der Waals surface area contributed by atoms with Crippen molar-refractivity contribution in [2.75, 3.05) is 11.1 Å². The minimum Gasteiger partial charge on any atom is -0.461 e. The smallest absolute Gasteiger partial charge is 0.236 e. The molecule has 1 N–H and O–H groups in total. The zero-order valence-corrected chi connectivity index (χ0v) is 24.5. The van der Waals surface area contributed by atoms with Crippen LogP contribution in [0.4, 0.5) is 5.13 Å². The highest BCUT2D eigenvalue weighted by Gasteiger charge is 2.43. The van der Waals surface area contributed by atoms with Gasteiger partial charge in [-0.15, -0.1) is 21.5 Å². The van der Waals surface area contributed by atoms with Gasteiger partial charge in [-0.1, -0.05) is 63.2 Å². The van der Waals surface area contributed by atoms with Crippen molar-refractivity contribution in [1.29, 1.82) is 0 Å². The van der Waals surface area contributed by atoms with Crippen molar-refractivity contribution in [3.05, 3.63) is 53.6 Å². The van der Waals surface area contributed by atoms with Gasteiger partial charge < -0.3 is 9.73 Å². The van der Waals surface area contributed by atoms with Crippen molar-refractivity contribution >= 4 is 34.1 Å². The summed E-state index contributed by atoms with van der Waals surface area (Å²) >= 11 is 2.86. The molecule has 0 spiro atoms. The van der Waals surface area contributed by atoms with Gasteiger partial charge in [0.05, 0.1) is 17.7 Å². The monoisotopic (exact) mass is 561 g/mol. The van der Waals surface area contributed by atoms with Crippen molar-refractivity contribution < 1.29 is 9.21 Å². The van der Waals surface area contributed by atoms with Crippen LogP contribution in [-0.2, 0) is 10.2 Å². The summed E-state index contributed by atoms with van der Waals surface area (Å²) in [6.07, 6.45) is 6.95. The lowest BCUT2D eigenvalue weighted by Crippen LogP contribution is -2.23. The van der Waals surface area contributed by atoms with Crippen LogP contribution in [0, 0.1) is 17.8 Å². The number of thiazole rings is 1. The van der Waals surface area contributed by atoms with E-state index in [9.17, 15) is 4.79 Å². The molecule has 2 fully saturated rings. The van der Waals surface area contributed by atoms with E-state index in [2.05, 4.69) is 77.0 Å². The van der Waals surface area contributed by atoms with Gasteiger partial charge >= 0.3 is 0 Å². The second kappa shape index (κ2) is 10.6. The van der Waals surface area contributed by atoms with Gasteiger partial charge in [-0.3, -0.25) is 9.36 Å². The van der Waals surface area contributed by atoms with Crippen LogP contribution in [0.3, 0.4) is 0 Å². The number of carbonyl (C=O) groups is 1. The zero-order chi connectivity index (χ0) is 27.1. The number of furan rings is 1. The fraction of sp³-hybridized carbons (Fsp3) is 0.467. The van der Waals surface area contributed by atoms with Crippen LogP contribution in [0.5, 0.6) is 0 Å². The van der Waals surface area contributed by atoms with Gasteiger partial charge in [-0.05, 0) is 67.1 Å². The fourth-order valence-electron chi connectivity index (χ4n) is 6.28. The Morgan fingerprint density at radius 1 is 1.18 bits per heavy atom. The number of amides is 1. The molecule has 4 aromatic rings. The molecule has 3 aromatic heterocycles. The Morgan fingerprint density at radius 2 is 2.00 bits per heavy atom. The quantitative estimate of drug-likeness (QED) is 0.222. The molecule has 2 aliphatic rings. The van der Waals surface area contributed by atoms with E-state index < -0.39 is 0 Å². The van der Waals surface area contributed by atoms with Crippen LogP contribution in [0.25, 0.3) is 22.8 Å². The molecule has 1 amide bonds. The normalized spacial score (nSPS) is 21.4. The fourth-order valence-corrected chi connectivity index (χ4v) is 7.84. The number of thioether (sulfide) groups is 1. The highest BCUT2D eigenvalue weighted by Crippen LogP contribution is 2.53. The summed E-state index contributed by atoms with van der Waals surface area (Å²) in [5.41, 5.74) is 3.30. The summed E-state index contributed by atoms with van der Waals surface area (Å²) in [7, 11) is 0. The molecule has 0 unspecified atom stereocenters. The maximum Gasteiger partial charge on any atom is 0.236 e. The Balaban J connectivity index is 1.13. The highest BCUT2D eigenvalue weighted by molar-refractivity contribution is 7.99. The lowest BCUT2D eigenvalue weighted by atomic mass is 9.84. The third kappa shape index (κ3) is 5.43. The van der Waals surface area contributed by atoms with Crippen LogP contribution >= 0.6 is 23.1 Å². The van der Waals surface area contributed by atoms with Crippen LogP contribution in [0.1, 0.15) is 65.0 Å². The number of nitrogens with zero attached hydrogens (tertiary/aromatic N) is 4. The molecular weight excluding hydrogens is 526 g/mol. The van der Waals surface area contributed by atoms with Gasteiger partial charge in [0, 0.05) is 17.0 Å². The molecule has 1 aromatic carbocycles. The SMILES string of the molecule is C[C@@H]([C@@H]1C[C@H]2CC[C@H]1C2)n1c(SCC(=O)Nc2nc(-c3ccc(C(C)(C)C)cc3)cs2)nnc1-c1ccco1. The van der Waals surface area contributed by atoms with E-state index in [1.807, 2.05) is 17.5 Å². The second-order valence-corrected chi connectivity index (χ2v) is 13.7. The van der Waals surface area contributed by atoms with Crippen LogP contribution in [0.15, 0.2) is 57.6 Å². The summed E-state index contributed by atoms with van der Waals surface area (Å²) in [4.78, 5) is 17.6. The standard InChI is InChI=1S/C30H35N5O2S2/c1-18(23-15-19-7-8-21(23)14-19)35-27(25-6-5-13-37-25)33-34-29(35)39-17-26(36)32-28-31-24(16-38-28)20-9-11-22(12-10-20)30(2,3)4/h5-6,9-13,16,18-19,21,23H,7-8,14-15,17H2,1-4H3,(H,31,32,36)/t18-,19-,21-,23-/m0/s1. The summed E-state index contributed by atoms with van der Waals surface area (Å²) in [6.45, 7) is 8.89. The molecule has 2 aliphatic carbocycles. The Bertz CT molecular complexity index is 1430. The molecule has 4 atom stereocenters. The van der Waals surface area contributed by atoms with E-state index in [-0.39, 0.29) is 23.1 Å². The molecule has 0 saturated heterocycles. The molecule has 204 valence electrons. The molecule has 0 aliphatic heterocycles. The molecule has 0 radical (unpaired) electrons. The minimum absolute atomic E-state index is 0.106. The first-order chi connectivity index (χ1) is 18.8. The van der Waals surface area contributed by atoms with Crippen molar-refractivity contribution in [2.45, 2.75) is 70.0 Å². The number of benzene rings is 1. The maximum atomic E-state index is 12.9. The van der Waals surface area contributed by atoms with E-state index in [1.165, 1.54) is 54.3 Å². The van der Waals surface area contributed by atoms with Crippen LogP contribution < -0.4 is 5.32 Å². The number of rotatable bonds is 8. The third-order valence-electron chi connectivity index (χ3n) is 8.36. The lowest BCUT2D eigenvalue weighted by molar-refractivity contribution is -0.113. The highest BCUT2D eigenvalue weighted by atomic mass is 32.2. The molecular formula is C30H35N5O2S2. The number of carbonyl (C=O) groups excluding carboxylic acids is 1. The summed E-state index contributed by atoms with van der Waals surface area (Å²) in [6, 6.07) is 12.5.